The summed E-state index contributed by atoms with van der Waals surface area (Å²) in [6, 6.07) is 17.4. The van der Waals surface area contributed by atoms with Gasteiger partial charge < -0.3 is 0 Å². The molecule has 0 aliphatic heterocycles. The van der Waals surface area contributed by atoms with Crippen LogP contribution in [0.2, 0.25) is 0 Å². The minimum atomic E-state index is -3.90. The Morgan fingerprint density at radius 2 is 1.50 bits per heavy atom. The Kier molecular flexibility index (Phi) is 5.70. The van der Waals surface area contributed by atoms with Crippen molar-refractivity contribution in [1.29, 1.82) is 0 Å². The van der Waals surface area contributed by atoms with E-state index in [0.717, 1.165) is 17.0 Å². The van der Waals surface area contributed by atoms with Gasteiger partial charge in [-0.25, -0.2) is 9.97 Å². The van der Waals surface area contributed by atoms with Crippen molar-refractivity contribution in [2.24, 2.45) is 4.40 Å². The van der Waals surface area contributed by atoms with Crippen LogP contribution in [0.5, 0.6) is 0 Å². The quantitative estimate of drug-likeness (QED) is 0.391. The molecule has 0 amide bonds. The lowest BCUT2D eigenvalue weighted by Crippen LogP contribution is -2.32. The fourth-order valence-electron chi connectivity index (χ4n) is 2.52. The van der Waals surface area contributed by atoms with E-state index in [-0.39, 0.29) is 10.7 Å². The third-order valence-corrected chi connectivity index (χ3v) is 5.14. The first-order valence-corrected chi connectivity index (χ1v) is 10.1. The molecule has 8 heteroatoms. The lowest BCUT2D eigenvalue weighted by atomic mass is 10.2. The van der Waals surface area contributed by atoms with Crippen molar-refractivity contribution in [2.75, 3.05) is 5.43 Å². The van der Waals surface area contributed by atoms with Crippen LogP contribution in [0.15, 0.2) is 70.0 Å². The molecule has 3 aromatic rings. The van der Waals surface area contributed by atoms with E-state index in [1.165, 1.54) is 12.1 Å². The molecule has 0 saturated carbocycles. The van der Waals surface area contributed by atoms with Gasteiger partial charge in [0.1, 0.15) is 0 Å². The first-order chi connectivity index (χ1) is 13.3. The second kappa shape index (κ2) is 8.18. The van der Waals surface area contributed by atoms with Crippen LogP contribution in [0.1, 0.15) is 22.5 Å². The number of hydrazine groups is 1. The SMILES string of the molecule is Cc1ccc(S(=O)(=O)N=C(NNc2nc(C)cc(C)n2)c2ccccc2)cc1. The Hall–Kier alpha value is -3.26. The van der Waals surface area contributed by atoms with Crippen molar-refractivity contribution >= 4 is 21.8 Å². The Bertz CT molecular complexity index is 1070. The van der Waals surface area contributed by atoms with Gasteiger partial charge in [0.25, 0.3) is 10.0 Å². The number of aromatic nitrogens is 2. The summed E-state index contributed by atoms with van der Waals surface area (Å²) in [5.74, 6) is 0.470. The van der Waals surface area contributed by atoms with Gasteiger partial charge in [0, 0.05) is 17.0 Å². The van der Waals surface area contributed by atoms with Gasteiger partial charge >= 0.3 is 0 Å². The highest BCUT2D eigenvalue weighted by atomic mass is 32.2. The van der Waals surface area contributed by atoms with Crippen LogP contribution < -0.4 is 10.9 Å². The van der Waals surface area contributed by atoms with E-state index >= 15 is 0 Å². The van der Waals surface area contributed by atoms with Crippen LogP contribution in [-0.4, -0.2) is 24.2 Å². The molecule has 2 aromatic carbocycles. The summed E-state index contributed by atoms with van der Waals surface area (Å²) >= 11 is 0. The minimum Gasteiger partial charge on any atom is -0.281 e. The summed E-state index contributed by atoms with van der Waals surface area (Å²) in [4.78, 5) is 8.67. The molecule has 0 aliphatic rings. The number of hydrogen-bond donors (Lipinski definition) is 2. The Labute approximate surface area is 164 Å². The van der Waals surface area contributed by atoms with Gasteiger partial charge in [-0.3, -0.25) is 10.9 Å². The van der Waals surface area contributed by atoms with Crippen LogP contribution in [0.3, 0.4) is 0 Å². The monoisotopic (exact) mass is 395 g/mol. The highest BCUT2D eigenvalue weighted by Gasteiger charge is 2.16. The Morgan fingerprint density at radius 3 is 2.11 bits per heavy atom. The number of sulfonamides is 1. The first kappa shape index (κ1) is 19.5. The fraction of sp³-hybridized carbons (Fsp3) is 0.150. The molecule has 144 valence electrons. The number of nitrogens with one attached hydrogen (secondary N) is 2. The van der Waals surface area contributed by atoms with E-state index in [1.807, 2.05) is 32.9 Å². The maximum absolute atomic E-state index is 12.8. The number of hydrogen-bond acceptors (Lipinski definition) is 5. The smallest absolute Gasteiger partial charge is 0.281 e. The summed E-state index contributed by atoms with van der Waals surface area (Å²) in [5.41, 5.74) is 8.84. The summed E-state index contributed by atoms with van der Waals surface area (Å²) in [7, 11) is -3.90. The number of anilines is 1. The molecule has 1 heterocycles. The van der Waals surface area contributed by atoms with Crippen molar-refractivity contribution in [3.05, 3.63) is 83.2 Å². The maximum atomic E-state index is 12.8. The minimum absolute atomic E-state index is 0.121. The van der Waals surface area contributed by atoms with Crippen LogP contribution in [-0.2, 0) is 10.0 Å². The molecule has 0 bridgehead atoms. The molecule has 0 unspecified atom stereocenters. The average molecular weight is 395 g/mol. The molecule has 1 aromatic heterocycles. The number of amidine groups is 1. The zero-order valence-corrected chi connectivity index (χ0v) is 16.7. The fourth-order valence-corrected chi connectivity index (χ4v) is 3.50. The third-order valence-electron chi connectivity index (χ3n) is 3.85. The predicted octanol–water partition coefficient (Wildman–Crippen LogP) is 3.15. The molecule has 0 radical (unpaired) electrons. The van der Waals surface area contributed by atoms with Gasteiger partial charge in [-0.05, 0) is 39.0 Å². The molecule has 3 rings (SSSR count). The summed E-state index contributed by atoms with van der Waals surface area (Å²) < 4.78 is 29.5. The Morgan fingerprint density at radius 1 is 0.893 bits per heavy atom. The molecule has 0 aliphatic carbocycles. The molecular weight excluding hydrogens is 374 g/mol. The number of aryl methyl sites for hydroxylation is 3. The van der Waals surface area contributed by atoms with E-state index < -0.39 is 10.0 Å². The molecular formula is C20H21N5O2S. The van der Waals surface area contributed by atoms with Crippen molar-refractivity contribution < 1.29 is 8.42 Å². The lowest BCUT2D eigenvalue weighted by Gasteiger charge is -2.12. The number of nitrogens with zero attached hydrogens (tertiary/aromatic N) is 3. The van der Waals surface area contributed by atoms with Crippen molar-refractivity contribution in [3.8, 4) is 0 Å². The summed E-state index contributed by atoms with van der Waals surface area (Å²) in [6.07, 6.45) is 0. The number of benzene rings is 2. The normalized spacial score (nSPS) is 11.9. The van der Waals surface area contributed by atoms with Crippen LogP contribution in [0.25, 0.3) is 0 Å². The zero-order valence-electron chi connectivity index (χ0n) is 15.8. The van der Waals surface area contributed by atoms with Gasteiger partial charge in [-0.1, -0.05) is 48.0 Å². The zero-order chi connectivity index (χ0) is 20.1. The highest BCUT2D eigenvalue weighted by molar-refractivity contribution is 7.90. The average Bonchev–Trinajstić information content (AvgIpc) is 2.65. The summed E-state index contributed by atoms with van der Waals surface area (Å²) in [6.45, 7) is 5.60. The highest BCUT2D eigenvalue weighted by Crippen LogP contribution is 2.14. The molecule has 2 N–H and O–H groups in total. The van der Waals surface area contributed by atoms with Crippen molar-refractivity contribution in [2.45, 2.75) is 25.7 Å². The standard InChI is InChI=1S/C20H21N5O2S/c1-14-9-11-18(12-10-14)28(26,27)25-19(17-7-5-4-6-8-17)23-24-20-21-15(2)13-16(3)22-20/h4-13H,1-3H3,(H,23,25)(H,21,22,24). The van der Waals surface area contributed by atoms with E-state index in [0.29, 0.717) is 11.5 Å². The van der Waals surface area contributed by atoms with Gasteiger partial charge in [0.05, 0.1) is 4.90 Å². The summed E-state index contributed by atoms with van der Waals surface area (Å²) in [5, 5.41) is 0. The lowest BCUT2D eigenvalue weighted by molar-refractivity contribution is 0.598. The molecule has 0 atom stereocenters. The molecule has 0 spiro atoms. The van der Waals surface area contributed by atoms with Gasteiger partial charge in [0.15, 0.2) is 5.84 Å². The topological polar surface area (TPSA) is 96.3 Å². The van der Waals surface area contributed by atoms with E-state index in [4.69, 9.17) is 0 Å². The largest absolute Gasteiger partial charge is 0.284 e. The third kappa shape index (κ3) is 4.92. The second-order valence-electron chi connectivity index (χ2n) is 6.32. The van der Waals surface area contributed by atoms with Crippen molar-refractivity contribution in [1.82, 2.24) is 15.4 Å². The van der Waals surface area contributed by atoms with Crippen LogP contribution >= 0.6 is 0 Å². The van der Waals surface area contributed by atoms with E-state index in [1.54, 1.807) is 36.4 Å². The molecule has 28 heavy (non-hydrogen) atoms. The maximum Gasteiger partial charge on any atom is 0.284 e. The van der Waals surface area contributed by atoms with E-state index in [2.05, 4.69) is 25.2 Å². The Balaban J connectivity index is 1.95. The van der Waals surface area contributed by atoms with Crippen LogP contribution in [0.4, 0.5) is 5.95 Å². The van der Waals surface area contributed by atoms with Crippen LogP contribution in [0, 0.1) is 20.8 Å². The molecule has 0 saturated heterocycles. The van der Waals surface area contributed by atoms with E-state index in [9.17, 15) is 8.42 Å². The second-order valence-corrected chi connectivity index (χ2v) is 7.92. The predicted molar refractivity (Wildman–Crippen MR) is 110 cm³/mol. The molecule has 0 fully saturated rings. The van der Waals surface area contributed by atoms with Gasteiger partial charge in [-0.2, -0.15) is 8.42 Å². The first-order valence-electron chi connectivity index (χ1n) is 8.65. The van der Waals surface area contributed by atoms with Gasteiger partial charge in [0.2, 0.25) is 5.95 Å². The number of rotatable bonds is 5. The molecule has 7 nitrogen and oxygen atoms in total. The van der Waals surface area contributed by atoms with Crippen molar-refractivity contribution in [3.63, 3.8) is 0 Å². The van der Waals surface area contributed by atoms with Gasteiger partial charge in [-0.15, -0.1) is 4.40 Å².